The Hall–Kier alpha value is -1.36. The summed E-state index contributed by atoms with van der Waals surface area (Å²) in [4.78, 5) is 7.36. The molecule has 0 amide bonds. The summed E-state index contributed by atoms with van der Waals surface area (Å²) in [5, 5.41) is 4.36. The van der Waals surface area contributed by atoms with Gasteiger partial charge in [0.2, 0.25) is 0 Å². The van der Waals surface area contributed by atoms with Crippen molar-refractivity contribution in [2.24, 2.45) is 0 Å². The van der Waals surface area contributed by atoms with E-state index in [1.807, 2.05) is 18.3 Å². The minimum atomic E-state index is 0.0448. The van der Waals surface area contributed by atoms with Gasteiger partial charge in [-0.05, 0) is 24.5 Å². The second kappa shape index (κ2) is 6.60. The van der Waals surface area contributed by atoms with Crippen molar-refractivity contribution in [2.45, 2.75) is 24.8 Å². The number of nitrogens with zero attached hydrogens (tertiary/aromatic N) is 1. The number of imidazole rings is 1. The van der Waals surface area contributed by atoms with Gasteiger partial charge in [0.25, 0.3) is 0 Å². The standard InChI is InChI=1S/C16H20ClN3O/c17-14-4-2-1-3-13(14)16(5-9-21-10-6-16)12-18-11-15-19-7-8-20-15/h1-4,7-8,18H,5-6,9-12H2,(H,19,20). The predicted molar refractivity (Wildman–Crippen MR) is 83.5 cm³/mol. The Bertz CT molecular complexity index is 565. The van der Waals surface area contributed by atoms with E-state index in [4.69, 9.17) is 16.3 Å². The number of hydrogen-bond donors (Lipinski definition) is 2. The highest BCUT2D eigenvalue weighted by Crippen LogP contribution is 2.38. The van der Waals surface area contributed by atoms with Gasteiger partial charge >= 0.3 is 0 Å². The van der Waals surface area contributed by atoms with Crippen molar-refractivity contribution < 1.29 is 4.74 Å². The number of aromatic nitrogens is 2. The van der Waals surface area contributed by atoms with Crippen LogP contribution in [0.4, 0.5) is 0 Å². The molecule has 2 heterocycles. The predicted octanol–water partition coefficient (Wildman–Crippen LogP) is 2.90. The van der Waals surface area contributed by atoms with Gasteiger partial charge in [0.1, 0.15) is 5.82 Å². The third-order valence-corrected chi connectivity index (χ3v) is 4.54. The average Bonchev–Trinajstić information content (AvgIpc) is 3.02. The molecule has 0 atom stereocenters. The lowest BCUT2D eigenvalue weighted by molar-refractivity contribution is 0.0497. The molecule has 21 heavy (non-hydrogen) atoms. The molecule has 1 aromatic heterocycles. The van der Waals surface area contributed by atoms with Crippen molar-refractivity contribution in [3.8, 4) is 0 Å². The Morgan fingerprint density at radius 2 is 2.10 bits per heavy atom. The maximum absolute atomic E-state index is 6.44. The molecule has 1 aromatic carbocycles. The largest absolute Gasteiger partial charge is 0.381 e. The summed E-state index contributed by atoms with van der Waals surface area (Å²) in [5.41, 5.74) is 1.27. The van der Waals surface area contributed by atoms with Gasteiger partial charge in [-0.15, -0.1) is 0 Å². The molecule has 2 aromatic rings. The molecule has 0 bridgehead atoms. The minimum Gasteiger partial charge on any atom is -0.381 e. The highest BCUT2D eigenvalue weighted by Gasteiger charge is 2.35. The second-order valence-corrected chi connectivity index (χ2v) is 5.92. The number of H-pyrrole nitrogens is 1. The van der Waals surface area contributed by atoms with Gasteiger partial charge < -0.3 is 15.0 Å². The first-order chi connectivity index (χ1) is 10.3. The smallest absolute Gasteiger partial charge is 0.120 e. The molecular weight excluding hydrogens is 286 g/mol. The van der Waals surface area contributed by atoms with Crippen LogP contribution in [0.5, 0.6) is 0 Å². The van der Waals surface area contributed by atoms with E-state index in [0.29, 0.717) is 0 Å². The summed E-state index contributed by atoms with van der Waals surface area (Å²) in [6.07, 6.45) is 5.59. The molecule has 1 fully saturated rings. The maximum atomic E-state index is 6.44. The number of aromatic amines is 1. The van der Waals surface area contributed by atoms with Crippen LogP contribution in [0.3, 0.4) is 0 Å². The molecule has 3 rings (SSSR count). The van der Waals surface area contributed by atoms with E-state index in [-0.39, 0.29) is 5.41 Å². The molecule has 2 N–H and O–H groups in total. The van der Waals surface area contributed by atoms with Gasteiger partial charge in [-0.1, -0.05) is 29.8 Å². The molecule has 0 radical (unpaired) electrons. The van der Waals surface area contributed by atoms with Crippen LogP contribution >= 0.6 is 11.6 Å². The summed E-state index contributed by atoms with van der Waals surface area (Å²) in [6, 6.07) is 8.16. The van der Waals surface area contributed by atoms with Gasteiger partial charge in [-0.3, -0.25) is 0 Å². The first-order valence-corrected chi connectivity index (χ1v) is 7.70. The van der Waals surface area contributed by atoms with Crippen LogP contribution in [-0.2, 0) is 16.7 Å². The fourth-order valence-corrected chi connectivity index (χ4v) is 3.35. The van der Waals surface area contributed by atoms with Crippen LogP contribution in [0.2, 0.25) is 5.02 Å². The summed E-state index contributed by atoms with van der Waals surface area (Å²) >= 11 is 6.44. The van der Waals surface area contributed by atoms with Crippen LogP contribution in [0.1, 0.15) is 24.2 Å². The van der Waals surface area contributed by atoms with Crippen molar-refractivity contribution >= 4 is 11.6 Å². The fourth-order valence-electron chi connectivity index (χ4n) is 3.01. The van der Waals surface area contributed by atoms with Crippen LogP contribution in [0, 0.1) is 0 Å². The number of nitrogens with one attached hydrogen (secondary N) is 2. The Kier molecular flexibility index (Phi) is 4.58. The number of hydrogen-bond acceptors (Lipinski definition) is 3. The van der Waals surface area contributed by atoms with Crippen LogP contribution in [0.25, 0.3) is 0 Å². The summed E-state index contributed by atoms with van der Waals surface area (Å²) in [7, 11) is 0. The van der Waals surface area contributed by atoms with Crippen LogP contribution in [0.15, 0.2) is 36.7 Å². The summed E-state index contributed by atoms with van der Waals surface area (Å²) < 4.78 is 5.55. The quantitative estimate of drug-likeness (QED) is 0.893. The van der Waals surface area contributed by atoms with E-state index in [1.54, 1.807) is 6.20 Å². The average molecular weight is 306 g/mol. The normalized spacial score (nSPS) is 17.8. The molecular formula is C16H20ClN3O. The van der Waals surface area contributed by atoms with Crippen molar-refractivity contribution in [3.05, 3.63) is 53.1 Å². The Labute approximate surface area is 129 Å². The zero-order valence-corrected chi connectivity index (χ0v) is 12.7. The van der Waals surface area contributed by atoms with E-state index < -0.39 is 0 Å². The van der Waals surface area contributed by atoms with Crippen LogP contribution < -0.4 is 5.32 Å². The highest BCUT2D eigenvalue weighted by atomic mass is 35.5. The third-order valence-electron chi connectivity index (χ3n) is 4.21. The van der Waals surface area contributed by atoms with Gasteiger partial charge in [0.15, 0.2) is 0 Å². The summed E-state index contributed by atoms with van der Waals surface area (Å²) in [5.74, 6) is 0.955. The topological polar surface area (TPSA) is 49.9 Å². The highest BCUT2D eigenvalue weighted by molar-refractivity contribution is 6.31. The van der Waals surface area contributed by atoms with Gasteiger partial charge in [0.05, 0.1) is 6.54 Å². The molecule has 0 aliphatic carbocycles. The monoisotopic (exact) mass is 305 g/mol. The molecule has 5 heteroatoms. The Morgan fingerprint density at radius 3 is 2.81 bits per heavy atom. The third kappa shape index (κ3) is 3.28. The number of rotatable bonds is 5. The fraction of sp³-hybridized carbons (Fsp3) is 0.438. The Balaban J connectivity index is 1.75. The lowest BCUT2D eigenvalue weighted by atomic mass is 9.74. The second-order valence-electron chi connectivity index (χ2n) is 5.51. The van der Waals surface area contributed by atoms with E-state index in [1.165, 1.54) is 5.56 Å². The molecule has 0 saturated carbocycles. The van der Waals surface area contributed by atoms with Crippen molar-refractivity contribution in [1.82, 2.24) is 15.3 Å². The first-order valence-electron chi connectivity index (χ1n) is 7.32. The minimum absolute atomic E-state index is 0.0448. The van der Waals surface area contributed by atoms with Crippen LogP contribution in [-0.4, -0.2) is 29.7 Å². The SMILES string of the molecule is Clc1ccccc1C1(CNCc2ncc[nH]2)CCOCC1. The van der Waals surface area contributed by atoms with E-state index in [9.17, 15) is 0 Å². The maximum Gasteiger partial charge on any atom is 0.120 e. The molecule has 1 saturated heterocycles. The van der Waals surface area contributed by atoms with E-state index in [2.05, 4.69) is 27.4 Å². The van der Waals surface area contributed by atoms with E-state index >= 15 is 0 Å². The van der Waals surface area contributed by atoms with Gasteiger partial charge in [-0.2, -0.15) is 0 Å². The number of halogens is 1. The van der Waals surface area contributed by atoms with Crippen molar-refractivity contribution in [3.63, 3.8) is 0 Å². The van der Waals surface area contributed by atoms with Gasteiger partial charge in [-0.25, -0.2) is 4.98 Å². The lowest BCUT2D eigenvalue weighted by Gasteiger charge is -2.38. The number of benzene rings is 1. The number of ether oxygens (including phenoxy) is 1. The molecule has 0 spiro atoms. The van der Waals surface area contributed by atoms with Crippen molar-refractivity contribution in [1.29, 1.82) is 0 Å². The Morgan fingerprint density at radius 1 is 1.29 bits per heavy atom. The molecule has 112 valence electrons. The first kappa shape index (κ1) is 14.6. The summed E-state index contributed by atoms with van der Waals surface area (Å²) in [6.45, 7) is 3.18. The van der Waals surface area contributed by atoms with E-state index in [0.717, 1.165) is 50.0 Å². The molecule has 4 nitrogen and oxygen atoms in total. The zero-order valence-electron chi connectivity index (χ0n) is 11.9. The van der Waals surface area contributed by atoms with Crippen molar-refractivity contribution in [2.75, 3.05) is 19.8 Å². The zero-order chi connectivity index (χ0) is 14.5. The molecule has 1 aliphatic rings. The molecule has 1 aliphatic heterocycles. The molecule has 0 unspecified atom stereocenters. The lowest BCUT2D eigenvalue weighted by Crippen LogP contribution is -2.43. The van der Waals surface area contributed by atoms with Gasteiger partial charge in [0, 0.05) is 42.6 Å².